The summed E-state index contributed by atoms with van der Waals surface area (Å²) in [6, 6.07) is -0.555. The van der Waals surface area contributed by atoms with Gasteiger partial charge >= 0.3 is 11.9 Å². The summed E-state index contributed by atoms with van der Waals surface area (Å²) in [5.41, 5.74) is 0. The zero-order valence-corrected chi connectivity index (χ0v) is 23.2. The van der Waals surface area contributed by atoms with Gasteiger partial charge in [0, 0.05) is 12.8 Å². The monoisotopic (exact) mass is 513 g/mol. The summed E-state index contributed by atoms with van der Waals surface area (Å²) < 4.78 is 4.77. The van der Waals surface area contributed by atoms with Crippen molar-refractivity contribution in [3.63, 3.8) is 0 Å². The third kappa shape index (κ3) is 23.1. The number of amides is 1. The minimum absolute atomic E-state index is 0.117. The fraction of sp³-hybridized carbons (Fsp3) is 0.548. The minimum atomic E-state index is -0.724. The van der Waals surface area contributed by atoms with Crippen LogP contribution in [0.15, 0.2) is 60.8 Å². The topological polar surface area (TPSA) is 89.5 Å². The van der Waals surface area contributed by atoms with Gasteiger partial charge in [0.25, 0.3) is 0 Å². The number of unbranched alkanes of at least 4 members (excludes halogenated alkanes) is 1. The first-order valence-electron chi connectivity index (χ1n) is 13.5. The summed E-state index contributed by atoms with van der Waals surface area (Å²) in [5.74, 6) is -1.57. The highest BCUT2D eigenvalue weighted by Gasteiger charge is 2.19. The largest absolute Gasteiger partial charge is 0.393 e. The molecule has 0 aliphatic heterocycles. The van der Waals surface area contributed by atoms with Gasteiger partial charge in [0.15, 0.2) is 5.78 Å². The van der Waals surface area contributed by atoms with Crippen molar-refractivity contribution >= 4 is 23.6 Å². The molecule has 0 bridgehead atoms. The van der Waals surface area contributed by atoms with E-state index in [-0.39, 0.29) is 31.0 Å². The third-order valence-electron chi connectivity index (χ3n) is 5.23. The molecule has 0 aromatic carbocycles. The fourth-order valence-electron chi connectivity index (χ4n) is 3.24. The summed E-state index contributed by atoms with van der Waals surface area (Å²) in [5, 5.41) is 2.64. The standard InChI is InChI=1S/C31H47NO5/c1-5-6-7-8-9-10-11-12-13-14-15-16-17-18-19-20-21-22-30(35)37-31(36)24-23-29(34)32-28(27(4)33)25-26(2)3/h6-7,9-10,12-13,15-16,18-19,26,28H,5,8,11,14,17,20-25H2,1-4H3,(H,32,34)/b7-6-,10-9-,13-12-,16-15-,19-18-. The number of carbonyl (C=O) groups excluding carboxylic acids is 4. The predicted molar refractivity (Wildman–Crippen MR) is 151 cm³/mol. The van der Waals surface area contributed by atoms with Crippen molar-refractivity contribution in [2.45, 2.75) is 104 Å². The van der Waals surface area contributed by atoms with Gasteiger partial charge in [0.05, 0.1) is 12.5 Å². The third-order valence-corrected chi connectivity index (χ3v) is 5.23. The van der Waals surface area contributed by atoms with Crippen LogP contribution in [0.25, 0.3) is 0 Å². The number of ether oxygens (including phenoxy) is 1. The minimum Gasteiger partial charge on any atom is -0.393 e. The lowest BCUT2D eigenvalue weighted by atomic mass is 10.0. The van der Waals surface area contributed by atoms with Gasteiger partial charge in [-0.1, -0.05) is 81.5 Å². The molecule has 0 aromatic heterocycles. The van der Waals surface area contributed by atoms with Crippen LogP contribution in [0.2, 0.25) is 0 Å². The van der Waals surface area contributed by atoms with Gasteiger partial charge in [-0.2, -0.15) is 0 Å². The van der Waals surface area contributed by atoms with Crippen molar-refractivity contribution < 1.29 is 23.9 Å². The van der Waals surface area contributed by atoms with Crippen LogP contribution >= 0.6 is 0 Å². The maximum absolute atomic E-state index is 12.0. The van der Waals surface area contributed by atoms with Crippen molar-refractivity contribution in [3.05, 3.63) is 60.8 Å². The van der Waals surface area contributed by atoms with E-state index in [0.29, 0.717) is 12.8 Å². The Hall–Kier alpha value is -3.02. The highest BCUT2D eigenvalue weighted by Crippen LogP contribution is 2.07. The quantitative estimate of drug-likeness (QED) is 0.0829. The first kappa shape index (κ1) is 34.0. The first-order chi connectivity index (χ1) is 17.8. The average molecular weight is 514 g/mol. The van der Waals surface area contributed by atoms with Gasteiger partial charge in [0.1, 0.15) is 0 Å². The number of hydrogen-bond acceptors (Lipinski definition) is 5. The van der Waals surface area contributed by atoms with Gasteiger partial charge in [-0.3, -0.25) is 19.2 Å². The number of rotatable bonds is 20. The van der Waals surface area contributed by atoms with Gasteiger partial charge in [-0.25, -0.2) is 0 Å². The molecule has 0 saturated heterocycles. The molecule has 0 rings (SSSR count). The number of Topliss-reactive ketones (excluding diaryl/α,β-unsaturated/α-hetero) is 1. The van der Waals surface area contributed by atoms with Crippen molar-refractivity contribution in [3.8, 4) is 0 Å². The molecule has 1 N–H and O–H groups in total. The van der Waals surface area contributed by atoms with Crippen LogP contribution in [-0.4, -0.2) is 29.7 Å². The lowest BCUT2D eigenvalue weighted by Crippen LogP contribution is -2.40. The number of hydrogen-bond donors (Lipinski definition) is 1. The van der Waals surface area contributed by atoms with Crippen molar-refractivity contribution in [2.75, 3.05) is 0 Å². The molecule has 206 valence electrons. The smallest absolute Gasteiger partial charge is 0.313 e. The Morgan fingerprint density at radius 3 is 1.68 bits per heavy atom. The van der Waals surface area contributed by atoms with E-state index in [2.05, 4.69) is 66.9 Å². The molecule has 0 radical (unpaired) electrons. The Morgan fingerprint density at radius 2 is 1.19 bits per heavy atom. The summed E-state index contributed by atoms with van der Waals surface area (Å²) in [6.07, 6.45) is 27.8. The van der Waals surface area contributed by atoms with Crippen molar-refractivity contribution in [2.24, 2.45) is 5.92 Å². The number of ketones is 1. The molecule has 6 nitrogen and oxygen atoms in total. The maximum Gasteiger partial charge on any atom is 0.313 e. The van der Waals surface area contributed by atoms with Gasteiger partial charge in [0.2, 0.25) is 5.91 Å². The molecule has 0 aliphatic carbocycles. The van der Waals surface area contributed by atoms with E-state index in [1.807, 2.05) is 19.9 Å². The Balaban J connectivity index is 3.88. The van der Waals surface area contributed by atoms with E-state index >= 15 is 0 Å². The number of nitrogens with one attached hydrogen (secondary N) is 1. The van der Waals surface area contributed by atoms with Crippen LogP contribution < -0.4 is 5.32 Å². The molecule has 0 spiro atoms. The fourth-order valence-corrected chi connectivity index (χ4v) is 3.24. The normalized spacial score (nSPS) is 13.0. The van der Waals surface area contributed by atoms with E-state index in [1.54, 1.807) is 0 Å². The molecule has 0 aliphatic rings. The van der Waals surface area contributed by atoms with E-state index < -0.39 is 23.9 Å². The summed E-state index contributed by atoms with van der Waals surface area (Å²) in [7, 11) is 0. The molecule has 0 saturated carbocycles. The van der Waals surface area contributed by atoms with Crippen LogP contribution in [-0.2, 0) is 23.9 Å². The Labute approximate surface area is 224 Å². The van der Waals surface area contributed by atoms with Crippen LogP contribution in [0.1, 0.15) is 98.3 Å². The highest BCUT2D eigenvalue weighted by atomic mass is 16.6. The molecule has 0 heterocycles. The lowest BCUT2D eigenvalue weighted by molar-refractivity contribution is -0.160. The van der Waals surface area contributed by atoms with Gasteiger partial charge in [-0.15, -0.1) is 0 Å². The Bertz CT molecular complexity index is 817. The molecular weight excluding hydrogens is 466 g/mol. The second-order valence-electron chi connectivity index (χ2n) is 9.31. The molecule has 1 unspecified atom stereocenters. The van der Waals surface area contributed by atoms with Crippen LogP contribution in [0, 0.1) is 5.92 Å². The molecule has 37 heavy (non-hydrogen) atoms. The molecule has 1 atom stereocenters. The van der Waals surface area contributed by atoms with Crippen molar-refractivity contribution in [1.82, 2.24) is 5.32 Å². The van der Waals surface area contributed by atoms with E-state index in [0.717, 1.165) is 38.5 Å². The van der Waals surface area contributed by atoms with Gasteiger partial charge < -0.3 is 10.1 Å². The molecule has 1 amide bonds. The van der Waals surface area contributed by atoms with Crippen LogP contribution in [0.4, 0.5) is 0 Å². The molecule has 6 heteroatoms. The summed E-state index contributed by atoms with van der Waals surface area (Å²) in [4.78, 5) is 47.3. The predicted octanol–water partition coefficient (Wildman–Crippen LogP) is 6.88. The second-order valence-corrected chi connectivity index (χ2v) is 9.31. The Kier molecular flexibility index (Phi) is 21.5. The summed E-state index contributed by atoms with van der Waals surface area (Å²) >= 11 is 0. The maximum atomic E-state index is 12.0. The molecular formula is C31H47NO5. The molecule has 0 fully saturated rings. The number of allylic oxidation sites excluding steroid dienone is 10. The van der Waals surface area contributed by atoms with Crippen molar-refractivity contribution in [1.29, 1.82) is 0 Å². The lowest BCUT2D eigenvalue weighted by Gasteiger charge is -2.17. The molecule has 0 aromatic rings. The van der Waals surface area contributed by atoms with Crippen LogP contribution in [0.3, 0.4) is 0 Å². The number of esters is 2. The van der Waals surface area contributed by atoms with E-state index in [4.69, 9.17) is 4.74 Å². The average Bonchev–Trinajstić information content (AvgIpc) is 2.84. The van der Waals surface area contributed by atoms with Crippen LogP contribution in [0.5, 0.6) is 0 Å². The second kappa shape index (κ2) is 23.4. The summed E-state index contributed by atoms with van der Waals surface area (Å²) in [6.45, 7) is 7.49. The van der Waals surface area contributed by atoms with E-state index in [1.165, 1.54) is 6.92 Å². The highest BCUT2D eigenvalue weighted by molar-refractivity contribution is 5.90. The number of carbonyl (C=O) groups is 4. The Morgan fingerprint density at radius 1 is 0.703 bits per heavy atom. The van der Waals surface area contributed by atoms with E-state index in [9.17, 15) is 19.2 Å². The SMILES string of the molecule is CC/C=C\C/C=C\C/C=C\C/C=C\C/C=C\CCCC(=O)OC(=O)CCC(=O)NC(CC(C)C)C(C)=O. The zero-order chi connectivity index (χ0) is 27.7. The zero-order valence-electron chi connectivity index (χ0n) is 23.2. The first-order valence-corrected chi connectivity index (χ1v) is 13.5. The van der Waals surface area contributed by atoms with Gasteiger partial charge in [-0.05, 0) is 64.2 Å².